The van der Waals surface area contributed by atoms with E-state index in [0.717, 1.165) is 29.9 Å². The van der Waals surface area contributed by atoms with Gasteiger partial charge in [0.2, 0.25) is 0 Å². The van der Waals surface area contributed by atoms with Crippen molar-refractivity contribution >= 4 is 23.4 Å². The highest BCUT2D eigenvalue weighted by Gasteiger charge is 2.13. The number of aromatic hydroxyl groups is 1. The fourth-order valence-electron chi connectivity index (χ4n) is 2.82. The summed E-state index contributed by atoms with van der Waals surface area (Å²) in [6.07, 6.45) is 1.40. The van der Waals surface area contributed by atoms with Gasteiger partial charge in [-0.2, -0.15) is 5.26 Å². The number of phenols is 1. The molecule has 0 heterocycles. The summed E-state index contributed by atoms with van der Waals surface area (Å²) in [6.45, 7) is 9.61. The minimum atomic E-state index is -0.501. The molecule has 27 heavy (non-hydrogen) atoms. The molecule has 1 amide bonds. The summed E-state index contributed by atoms with van der Waals surface area (Å²) in [6, 6.07) is 12.8. The van der Waals surface area contributed by atoms with Crippen molar-refractivity contribution in [3.05, 3.63) is 58.7 Å². The van der Waals surface area contributed by atoms with E-state index in [2.05, 4.69) is 10.2 Å². The van der Waals surface area contributed by atoms with Crippen LogP contribution in [0.3, 0.4) is 0 Å². The van der Waals surface area contributed by atoms with Gasteiger partial charge < -0.3 is 15.3 Å². The lowest BCUT2D eigenvalue weighted by atomic mass is 10.1. The molecule has 2 rings (SSSR count). The number of benzene rings is 2. The standard InChI is InChI=1S/C22H25N3O2/c1-5-25(6-2)19-11-10-17(21(26)13-19)12-18(14-23)22(27)24-20-9-7-8-15(3)16(20)4/h7-13,26H,5-6H2,1-4H3,(H,24,27)/b18-12+. The molecule has 0 aliphatic carbocycles. The summed E-state index contributed by atoms with van der Waals surface area (Å²) in [5.41, 5.74) is 3.94. The molecule has 5 nitrogen and oxygen atoms in total. The van der Waals surface area contributed by atoms with Crippen molar-refractivity contribution in [2.75, 3.05) is 23.3 Å². The minimum absolute atomic E-state index is 0.0340. The fraction of sp³-hybridized carbons (Fsp3) is 0.273. The van der Waals surface area contributed by atoms with Gasteiger partial charge in [-0.3, -0.25) is 4.79 Å². The fourth-order valence-corrected chi connectivity index (χ4v) is 2.82. The summed E-state index contributed by atoms with van der Waals surface area (Å²) >= 11 is 0. The summed E-state index contributed by atoms with van der Waals surface area (Å²) in [5.74, 6) is -0.467. The van der Waals surface area contributed by atoms with Crippen molar-refractivity contribution in [3.8, 4) is 11.8 Å². The van der Waals surface area contributed by atoms with E-state index < -0.39 is 5.91 Å². The van der Waals surface area contributed by atoms with Crippen LogP contribution in [0.25, 0.3) is 6.08 Å². The van der Waals surface area contributed by atoms with Crippen LogP contribution in [0.4, 0.5) is 11.4 Å². The van der Waals surface area contributed by atoms with E-state index in [0.29, 0.717) is 11.3 Å². The van der Waals surface area contributed by atoms with Crippen LogP contribution in [0.5, 0.6) is 5.75 Å². The third-order valence-electron chi connectivity index (χ3n) is 4.66. The maximum atomic E-state index is 12.5. The van der Waals surface area contributed by atoms with E-state index in [1.807, 2.05) is 52.0 Å². The quantitative estimate of drug-likeness (QED) is 0.589. The molecule has 0 radical (unpaired) electrons. The molecule has 0 aliphatic heterocycles. The second kappa shape index (κ2) is 8.91. The van der Waals surface area contributed by atoms with E-state index in [4.69, 9.17) is 0 Å². The number of nitrogens with one attached hydrogen (secondary N) is 1. The van der Waals surface area contributed by atoms with Crippen molar-refractivity contribution in [3.63, 3.8) is 0 Å². The van der Waals surface area contributed by atoms with E-state index in [-0.39, 0.29) is 11.3 Å². The Bertz CT molecular complexity index is 906. The monoisotopic (exact) mass is 363 g/mol. The van der Waals surface area contributed by atoms with Crippen molar-refractivity contribution in [1.82, 2.24) is 0 Å². The van der Waals surface area contributed by atoms with Gasteiger partial charge in [0.15, 0.2) is 0 Å². The van der Waals surface area contributed by atoms with Crippen molar-refractivity contribution in [2.45, 2.75) is 27.7 Å². The normalized spacial score (nSPS) is 11.0. The zero-order chi connectivity index (χ0) is 20.0. The number of carbonyl (C=O) groups is 1. The van der Waals surface area contributed by atoms with Crippen LogP contribution in [-0.4, -0.2) is 24.1 Å². The third kappa shape index (κ3) is 4.68. The van der Waals surface area contributed by atoms with Gasteiger partial charge in [-0.1, -0.05) is 12.1 Å². The summed E-state index contributed by atoms with van der Waals surface area (Å²) < 4.78 is 0. The zero-order valence-electron chi connectivity index (χ0n) is 16.2. The molecule has 0 aromatic heterocycles. The second-order valence-electron chi connectivity index (χ2n) is 6.29. The molecule has 140 valence electrons. The van der Waals surface area contributed by atoms with Crippen LogP contribution in [0, 0.1) is 25.2 Å². The van der Waals surface area contributed by atoms with Gasteiger partial charge in [-0.25, -0.2) is 0 Å². The maximum absolute atomic E-state index is 12.5. The number of hydrogen-bond acceptors (Lipinski definition) is 4. The van der Waals surface area contributed by atoms with Crippen LogP contribution in [0.15, 0.2) is 42.0 Å². The first-order valence-corrected chi connectivity index (χ1v) is 8.98. The van der Waals surface area contributed by atoms with Crippen LogP contribution in [0.1, 0.15) is 30.5 Å². The molecule has 2 N–H and O–H groups in total. The summed E-state index contributed by atoms with van der Waals surface area (Å²) in [4.78, 5) is 14.6. The van der Waals surface area contributed by atoms with E-state index >= 15 is 0 Å². The van der Waals surface area contributed by atoms with Gasteiger partial charge in [0.1, 0.15) is 17.4 Å². The summed E-state index contributed by atoms with van der Waals surface area (Å²) in [5, 5.41) is 22.5. The number of carbonyl (C=O) groups excluding carboxylic acids is 1. The molecule has 2 aromatic carbocycles. The van der Waals surface area contributed by atoms with Crippen molar-refractivity contribution in [1.29, 1.82) is 5.26 Å². The molecule has 0 atom stereocenters. The predicted molar refractivity (Wildman–Crippen MR) is 110 cm³/mol. The summed E-state index contributed by atoms with van der Waals surface area (Å²) in [7, 11) is 0. The Morgan fingerprint density at radius 3 is 2.52 bits per heavy atom. The molecule has 0 bridgehead atoms. The van der Waals surface area contributed by atoms with Gasteiger partial charge in [-0.05, 0) is 63.1 Å². The zero-order valence-corrected chi connectivity index (χ0v) is 16.2. The van der Waals surface area contributed by atoms with Crippen LogP contribution < -0.4 is 10.2 Å². The van der Waals surface area contributed by atoms with Gasteiger partial charge in [0.25, 0.3) is 5.91 Å². The Labute approximate surface area is 160 Å². The van der Waals surface area contributed by atoms with E-state index in [1.165, 1.54) is 6.08 Å². The van der Waals surface area contributed by atoms with Crippen LogP contribution in [-0.2, 0) is 4.79 Å². The maximum Gasteiger partial charge on any atom is 0.266 e. The van der Waals surface area contributed by atoms with Crippen LogP contribution in [0.2, 0.25) is 0 Å². The number of anilines is 2. The third-order valence-corrected chi connectivity index (χ3v) is 4.66. The lowest BCUT2D eigenvalue weighted by molar-refractivity contribution is -0.112. The highest BCUT2D eigenvalue weighted by atomic mass is 16.3. The van der Waals surface area contributed by atoms with E-state index in [1.54, 1.807) is 18.2 Å². The molecule has 5 heteroatoms. The smallest absolute Gasteiger partial charge is 0.266 e. The number of nitrogens with zero attached hydrogens (tertiary/aromatic N) is 2. The number of nitriles is 1. The average molecular weight is 363 g/mol. The topological polar surface area (TPSA) is 76.4 Å². The molecule has 0 fully saturated rings. The largest absolute Gasteiger partial charge is 0.507 e. The Morgan fingerprint density at radius 2 is 1.93 bits per heavy atom. The SMILES string of the molecule is CCN(CC)c1ccc(/C=C(\C#N)C(=O)Nc2cccc(C)c2C)c(O)c1. The second-order valence-corrected chi connectivity index (χ2v) is 6.29. The Balaban J connectivity index is 2.29. The predicted octanol–water partition coefficient (Wildman–Crippen LogP) is 4.40. The minimum Gasteiger partial charge on any atom is -0.507 e. The van der Waals surface area contributed by atoms with Gasteiger partial charge >= 0.3 is 0 Å². The highest BCUT2D eigenvalue weighted by Crippen LogP contribution is 2.27. The molecule has 0 saturated carbocycles. The van der Waals surface area contributed by atoms with Gasteiger partial charge in [0.05, 0.1) is 0 Å². The molecule has 0 aliphatic rings. The lowest BCUT2D eigenvalue weighted by Gasteiger charge is -2.21. The van der Waals surface area contributed by atoms with Gasteiger partial charge in [0, 0.05) is 36.1 Å². The Morgan fingerprint density at radius 1 is 1.22 bits per heavy atom. The number of phenolic OH excluding ortho intramolecular Hbond substituents is 1. The van der Waals surface area contributed by atoms with E-state index in [9.17, 15) is 15.2 Å². The van der Waals surface area contributed by atoms with Crippen LogP contribution >= 0.6 is 0 Å². The van der Waals surface area contributed by atoms with Crippen molar-refractivity contribution in [2.24, 2.45) is 0 Å². The molecular weight excluding hydrogens is 338 g/mol. The van der Waals surface area contributed by atoms with Gasteiger partial charge in [-0.15, -0.1) is 0 Å². The molecule has 0 unspecified atom stereocenters. The molecule has 0 saturated heterocycles. The number of aryl methyl sites for hydroxylation is 1. The Hall–Kier alpha value is -3.26. The first kappa shape index (κ1) is 20.1. The highest BCUT2D eigenvalue weighted by molar-refractivity contribution is 6.10. The number of rotatable bonds is 6. The Kier molecular flexibility index (Phi) is 6.62. The first-order valence-electron chi connectivity index (χ1n) is 8.98. The lowest BCUT2D eigenvalue weighted by Crippen LogP contribution is -2.21. The number of hydrogen-bond donors (Lipinski definition) is 2. The average Bonchev–Trinajstić information content (AvgIpc) is 2.65. The molecule has 0 spiro atoms. The number of amides is 1. The molecular formula is C22H25N3O2. The van der Waals surface area contributed by atoms with Crippen molar-refractivity contribution < 1.29 is 9.90 Å². The molecule has 2 aromatic rings. The first-order chi connectivity index (χ1) is 12.9.